The maximum atomic E-state index is 6.53. The molecule has 3 nitrogen and oxygen atoms in total. The number of rotatable bonds is 4. The summed E-state index contributed by atoms with van der Waals surface area (Å²) in [6.45, 7) is 0.745. The van der Waals surface area contributed by atoms with Gasteiger partial charge in [0, 0.05) is 16.7 Å². The van der Waals surface area contributed by atoms with Crippen molar-refractivity contribution in [3.05, 3.63) is 114 Å². The zero-order chi connectivity index (χ0) is 18.1. The van der Waals surface area contributed by atoms with E-state index < -0.39 is 0 Å². The van der Waals surface area contributed by atoms with Crippen LogP contribution in [0.25, 0.3) is 11.1 Å². The lowest BCUT2D eigenvalue weighted by molar-refractivity contribution is -0.694. The smallest absolute Gasteiger partial charge is 0.388 e. The maximum absolute atomic E-state index is 6.53. The Morgan fingerprint density at radius 1 is 0.778 bits per heavy atom. The molecule has 0 N–H and O–H groups in total. The molecule has 1 aromatic heterocycles. The molecular weight excluding hydrogens is 332 g/mol. The highest BCUT2D eigenvalue weighted by Gasteiger charge is 2.31. The van der Waals surface area contributed by atoms with Crippen LogP contribution in [0.15, 0.2) is 97.5 Å². The van der Waals surface area contributed by atoms with Crippen LogP contribution in [0.3, 0.4) is 0 Å². The first kappa shape index (κ1) is 15.8. The normalized spacial score (nSPS) is 12.4. The summed E-state index contributed by atoms with van der Waals surface area (Å²) in [6.07, 6.45) is 5.44. The highest BCUT2D eigenvalue weighted by Crippen LogP contribution is 2.44. The number of nitrogens with zero attached hydrogens (tertiary/aromatic N) is 2. The lowest BCUT2D eigenvalue weighted by atomic mass is 10.1. The molecule has 1 aliphatic rings. The van der Waals surface area contributed by atoms with E-state index in [-0.39, 0.29) is 6.10 Å². The molecule has 3 aromatic carbocycles. The molecular formula is C24H19N2O+. The number of hydrogen-bond donors (Lipinski definition) is 0. The second kappa shape index (κ2) is 6.69. The van der Waals surface area contributed by atoms with Gasteiger partial charge in [0.2, 0.25) is 0 Å². The predicted octanol–water partition coefficient (Wildman–Crippen LogP) is 4.57. The predicted molar refractivity (Wildman–Crippen MR) is 104 cm³/mol. The average Bonchev–Trinajstić information content (AvgIpc) is 3.04. The molecule has 4 aromatic rings. The van der Waals surface area contributed by atoms with Gasteiger partial charge in [-0.1, -0.05) is 78.9 Å². The molecule has 130 valence electrons. The Labute approximate surface area is 158 Å². The molecule has 0 unspecified atom stereocenters. The van der Waals surface area contributed by atoms with E-state index in [1.807, 2.05) is 12.3 Å². The van der Waals surface area contributed by atoms with Crippen molar-refractivity contribution in [2.24, 2.45) is 0 Å². The SMILES string of the molecule is c1ccc(C[n+]2ccncc2OC2c3ccccc3-c3ccccc32)cc1. The first-order valence-corrected chi connectivity index (χ1v) is 9.12. The summed E-state index contributed by atoms with van der Waals surface area (Å²) in [6, 6.07) is 27.3. The van der Waals surface area contributed by atoms with Crippen LogP contribution in [0.2, 0.25) is 0 Å². The summed E-state index contributed by atoms with van der Waals surface area (Å²) in [4.78, 5) is 4.30. The molecule has 0 spiro atoms. The molecule has 1 heterocycles. The van der Waals surface area contributed by atoms with Crippen molar-refractivity contribution in [1.29, 1.82) is 0 Å². The number of fused-ring (bicyclic) bond motifs is 3. The van der Waals surface area contributed by atoms with Crippen molar-refractivity contribution in [3.8, 4) is 17.0 Å². The van der Waals surface area contributed by atoms with E-state index in [2.05, 4.69) is 82.3 Å². The van der Waals surface area contributed by atoms with Gasteiger partial charge in [-0.3, -0.25) is 0 Å². The number of benzene rings is 3. The van der Waals surface area contributed by atoms with Crippen molar-refractivity contribution >= 4 is 0 Å². The number of hydrogen-bond acceptors (Lipinski definition) is 2. The first-order valence-electron chi connectivity index (χ1n) is 9.12. The summed E-state index contributed by atoms with van der Waals surface area (Å²) in [5.74, 6) is 0.762. The molecule has 0 saturated heterocycles. The number of aromatic nitrogens is 2. The molecule has 27 heavy (non-hydrogen) atoms. The highest BCUT2D eigenvalue weighted by atomic mass is 16.5. The Hall–Kier alpha value is -3.46. The van der Waals surface area contributed by atoms with Crippen molar-refractivity contribution in [2.45, 2.75) is 12.6 Å². The molecule has 0 aliphatic heterocycles. The Kier molecular flexibility index (Phi) is 3.91. The first-order chi connectivity index (χ1) is 13.4. The minimum absolute atomic E-state index is 0.122. The standard InChI is InChI=1S/C24H19N2O/c1-2-8-18(9-3-1)17-26-15-14-25-16-23(26)27-24-21-12-6-4-10-19(21)20-11-5-7-13-22(20)24/h1-16,24H,17H2/q+1. The van der Waals surface area contributed by atoms with Gasteiger partial charge >= 0.3 is 5.88 Å². The van der Waals surface area contributed by atoms with Crippen LogP contribution in [-0.4, -0.2) is 4.98 Å². The summed E-state index contributed by atoms with van der Waals surface area (Å²) < 4.78 is 8.64. The molecule has 5 rings (SSSR count). The van der Waals surface area contributed by atoms with Crippen LogP contribution in [0.5, 0.6) is 5.88 Å². The van der Waals surface area contributed by atoms with Gasteiger partial charge in [0.25, 0.3) is 0 Å². The van der Waals surface area contributed by atoms with Crippen molar-refractivity contribution < 1.29 is 9.30 Å². The van der Waals surface area contributed by atoms with Crippen LogP contribution in [0, 0.1) is 0 Å². The monoisotopic (exact) mass is 351 g/mol. The van der Waals surface area contributed by atoms with E-state index in [0.717, 1.165) is 12.4 Å². The summed E-state index contributed by atoms with van der Waals surface area (Å²) >= 11 is 0. The second-order valence-corrected chi connectivity index (χ2v) is 6.70. The quantitative estimate of drug-likeness (QED) is 0.504. The molecule has 3 heteroatoms. The van der Waals surface area contributed by atoms with Gasteiger partial charge in [-0.05, 0) is 11.1 Å². The van der Waals surface area contributed by atoms with E-state index in [0.29, 0.717) is 0 Å². The fourth-order valence-electron chi connectivity index (χ4n) is 3.74. The largest absolute Gasteiger partial charge is 0.430 e. The van der Waals surface area contributed by atoms with E-state index in [9.17, 15) is 0 Å². The fraction of sp³-hybridized carbons (Fsp3) is 0.0833. The van der Waals surface area contributed by atoms with Gasteiger partial charge in [-0.15, -0.1) is 0 Å². The van der Waals surface area contributed by atoms with Crippen LogP contribution >= 0.6 is 0 Å². The van der Waals surface area contributed by atoms with Gasteiger partial charge in [0.1, 0.15) is 6.20 Å². The summed E-state index contributed by atoms with van der Waals surface area (Å²) in [5.41, 5.74) is 6.13. The molecule has 0 fully saturated rings. The molecule has 0 bridgehead atoms. The second-order valence-electron chi connectivity index (χ2n) is 6.70. The van der Waals surface area contributed by atoms with Crippen LogP contribution < -0.4 is 9.30 Å². The summed E-state index contributed by atoms with van der Waals surface area (Å²) in [5, 5.41) is 0. The maximum Gasteiger partial charge on any atom is 0.388 e. The van der Waals surface area contributed by atoms with Gasteiger partial charge in [0.05, 0.1) is 6.20 Å². The molecule has 0 radical (unpaired) electrons. The van der Waals surface area contributed by atoms with Crippen molar-refractivity contribution in [1.82, 2.24) is 4.98 Å². The summed E-state index contributed by atoms with van der Waals surface area (Å²) in [7, 11) is 0. The zero-order valence-electron chi connectivity index (χ0n) is 14.8. The van der Waals surface area contributed by atoms with E-state index in [4.69, 9.17) is 4.74 Å². The third-order valence-corrected chi connectivity index (χ3v) is 5.01. The fourth-order valence-corrected chi connectivity index (χ4v) is 3.74. The average molecular weight is 351 g/mol. The van der Waals surface area contributed by atoms with Gasteiger partial charge < -0.3 is 4.74 Å². The minimum Gasteiger partial charge on any atom is -0.430 e. The van der Waals surface area contributed by atoms with Crippen LogP contribution in [0.4, 0.5) is 0 Å². The van der Waals surface area contributed by atoms with Gasteiger partial charge in [-0.2, -0.15) is 4.57 Å². The Morgan fingerprint density at radius 3 is 2.11 bits per heavy atom. The topological polar surface area (TPSA) is 26.0 Å². The van der Waals surface area contributed by atoms with Crippen molar-refractivity contribution in [2.75, 3.05) is 0 Å². The van der Waals surface area contributed by atoms with Crippen LogP contribution in [-0.2, 0) is 6.54 Å². The zero-order valence-corrected chi connectivity index (χ0v) is 14.8. The van der Waals surface area contributed by atoms with E-state index in [1.54, 1.807) is 12.4 Å². The third kappa shape index (κ3) is 2.87. The van der Waals surface area contributed by atoms with E-state index in [1.165, 1.54) is 27.8 Å². The molecule has 0 atom stereocenters. The number of ether oxygens (including phenoxy) is 1. The van der Waals surface area contributed by atoms with E-state index >= 15 is 0 Å². The molecule has 0 amide bonds. The Bertz CT molecular complexity index is 1050. The van der Waals surface area contributed by atoms with Gasteiger partial charge in [-0.25, -0.2) is 4.98 Å². The minimum atomic E-state index is -0.122. The lowest BCUT2D eigenvalue weighted by Gasteiger charge is -2.14. The Morgan fingerprint density at radius 2 is 1.41 bits per heavy atom. The highest BCUT2D eigenvalue weighted by molar-refractivity contribution is 5.78. The third-order valence-electron chi connectivity index (χ3n) is 5.01. The van der Waals surface area contributed by atoms with Crippen molar-refractivity contribution in [3.63, 3.8) is 0 Å². The Balaban J connectivity index is 1.53. The molecule has 1 aliphatic carbocycles. The lowest BCUT2D eigenvalue weighted by Crippen LogP contribution is -2.36. The van der Waals surface area contributed by atoms with Gasteiger partial charge in [0.15, 0.2) is 18.8 Å². The molecule has 0 saturated carbocycles. The van der Waals surface area contributed by atoms with Crippen LogP contribution in [0.1, 0.15) is 22.8 Å².